The van der Waals surface area contributed by atoms with Crippen LogP contribution in [0.5, 0.6) is 0 Å². The second-order valence-electron chi connectivity index (χ2n) is 5.70. The number of likely N-dealkylation sites (tertiary alicyclic amines) is 1. The number of carbonyl (C=O) groups excluding carboxylic acids is 1. The molecule has 0 radical (unpaired) electrons. The normalized spacial score (nSPS) is 19.1. The van der Waals surface area contributed by atoms with Gasteiger partial charge < -0.3 is 14.7 Å². The molecule has 1 aromatic rings. The number of amides is 1. The van der Waals surface area contributed by atoms with Gasteiger partial charge in [0.2, 0.25) is 5.91 Å². The quantitative estimate of drug-likeness (QED) is 0.798. The van der Waals surface area contributed by atoms with Crippen molar-refractivity contribution in [2.45, 2.75) is 19.9 Å². The van der Waals surface area contributed by atoms with E-state index in [1.807, 2.05) is 37.0 Å². The Morgan fingerprint density at radius 3 is 2.75 bits per heavy atom. The van der Waals surface area contributed by atoms with Gasteiger partial charge in [0, 0.05) is 57.8 Å². The maximum absolute atomic E-state index is 11.7. The van der Waals surface area contributed by atoms with E-state index >= 15 is 0 Å². The first kappa shape index (κ1) is 15.3. The molecular formula is C14H24N4OS. The molecule has 2 rings (SSSR count). The first-order valence-electron chi connectivity index (χ1n) is 7.08. The van der Waals surface area contributed by atoms with Crippen LogP contribution >= 0.6 is 11.3 Å². The van der Waals surface area contributed by atoms with E-state index in [4.69, 9.17) is 0 Å². The predicted octanol–water partition coefficient (Wildman–Crippen LogP) is 1.51. The average molecular weight is 296 g/mol. The molecule has 0 unspecified atom stereocenters. The number of carbonyl (C=O) groups is 1. The minimum absolute atomic E-state index is 0.304. The standard InChI is InChI=1S/C14H24N4OS/c1-5-18-9-11(6-13(18)19)8-17(4)10-12-7-15-14(20-12)16(2)3/h7,11H,5-6,8-10H2,1-4H3/t11-/m1/s1. The Kier molecular flexibility index (Phi) is 4.99. The number of anilines is 1. The molecule has 0 aliphatic carbocycles. The van der Waals surface area contributed by atoms with Gasteiger partial charge in [-0.05, 0) is 19.9 Å². The summed E-state index contributed by atoms with van der Waals surface area (Å²) in [6, 6.07) is 0. The van der Waals surface area contributed by atoms with E-state index in [0.717, 1.165) is 31.3 Å². The van der Waals surface area contributed by atoms with Crippen molar-refractivity contribution in [2.24, 2.45) is 5.92 Å². The van der Waals surface area contributed by atoms with Crippen molar-refractivity contribution in [3.63, 3.8) is 0 Å². The lowest BCUT2D eigenvalue weighted by atomic mass is 10.1. The lowest BCUT2D eigenvalue weighted by Crippen LogP contribution is -2.28. The van der Waals surface area contributed by atoms with Gasteiger partial charge in [0.05, 0.1) is 0 Å². The molecule has 1 fully saturated rings. The van der Waals surface area contributed by atoms with Gasteiger partial charge in [-0.3, -0.25) is 4.79 Å². The summed E-state index contributed by atoms with van der Waals surface area (Å²) in [6.07, 6.45) is 2.65. The van der Waals surface area contributed by atoms with Gasteiger partial charge in [-0.1, -0.05) is 0 Å². The Bertz CT molecular complexity index is 460. The van der Waals surface area contributed by atoms with Gasteiger partial charge >= 0.3 is 0 Å². The Balaban J connectivity index is 1.83. The predicted molar refractivity (Wildman–Crippen MR) is 83.1 cm³/mol. The van der Waals surface area contributed by atoms with Crippen LogP contribution in [0.1, 0.15) is 18.2 Å². The van der Waals surface area contributed by atoms with E-state index in [-0.39, 0.29) is 0 Å². The second-order valence-corrected chi connectivity index (χ2v) is 6.80. The number of nitrogens with zero attached hydrogens (tertiary/aromatic N) is 4. The largest absolute Gasteiger partial charge is 0.354 e. The highest BCUT2D eigenvalue weighted by molar-refractivity contribution is 7.15. The summed E-state index contributed by atoms with van der Waals surface area (Å²) in [6.45, 7) is 5.66. The topological polar surface area (TPSA) is 39.7 Å². The molecule has 0 aromatic carbocycles. The van der Waals surface area contributed by atoms with Crippen LogP contribution in [0.15, 0.2) is 6.20 Å². The number of hydrogen-bond donors (Lipinski definition) is 0. The Morgan fingerprint density at radius 2 is 2.20 bits per heavy atom. The van der Waals surface area contributed by atoms with Gasteiger partial charge in [0.25, 0.3) is 0 Å². The first-order chi connectivity index (χ1) is 9.49. The lowest BCUT2D eigenvalue weighted by molar-refractivity contribution is -0.127. The van der Waals surface area contributed by atoms with Crippen molar-refractivity contribution in [3.8, 4) is 0 Å². The summed E-state index contributed by atoms with van der Waals surface area (Å²) in [4.78, 5) is 23.7. The summed E-state index contributed by atoms with van der Waals surface area (Å²) < 4.78 is 0. The fraction of sp³-hybridized carbons (Fsp3) is 0.714. The van der Waals surface area contributed by atoms with Crippen LogP contribution in [-0.2, 0) is 11.3 Å². The Morgan fingerprint density at radius 1 is 1.45 bits per heavy atom. The molecule has 1 aliphatic heterocycles. The first-order valence-corrected chi connectivity index (χ1v) is 7.89. The molecule has 1 aliphatic rings. The molecule has 0 saturated carbocycles. The summed E-state index contributed by atoms with van der Waals surface area (Å²) in [7, 11) is 6.14. The van der Waals surface area contributed by atoms with Crippen LogP contribution in [0, 0.1) is 5.92 Å². The van der Waals surface area contributed by atoms with E-state index in [0.29, 0.717) is 18.2 Å². The zero-order valence-corrected chi connectivity index (χ0v) is 13.6. The van der Waals surface area contributed by atoms with E-state index in [1.54, 1.807) is 11.3 Å². The van der Waals surface area contributed by atoms with Crippen molar-refractivity contribution < 1.29 is 4.79 Å². The Labute approximate surface area is 125 Å². The van der Waals surface area contributed by atoms with Gasteiger partial charge in [0.15, 0.2) is 5.13 Å². The van der Waals surface area contributed by atoms with Gasteiger partial charge in [-0.15, -0.1) is 11.3 Å². The zero-order valence-electron chi connectivity index (χ0n) is 12.8. The average Bonchev–Trinajstić information content (AvgIpc) is 2.96. The maximum atomic E-state index is 11.7. The monoisotopic (exact) mass is 296 g/mol. The van der Waals surface area contributed by atoms with Crippen molar-refractivity contribution in [1.82, 2.24) is 14.8 Å². The number of thiazole rings is 1. The molecule has 1 atom stereocenters. The van der Waals surface area contributed by atoms with Crippen LogP contribution in [0.2, 0.25) is 0 Å². The Hall–Kier alpha value is -1.14. The zero-order chi connectivity index (χ0) is 14.7. The third kappa shape index (κ3) is 3.70. The number of hydrogen-bond acceptors (Lipinski definition) is 5. The fourth-order valence-electron chi connectivity index (χ4n) is 2.63. The van der Waals surface area contributed by atoms with Crippen LogP contribution in [0.4, 0.5) is 5.13 Å². The molecule has 20 heavy (non-hydrogen) atoms. The van der Waals surface area contributed by atoms with Crippen molar-refractivity contribution in [2.75, 3.05) is 45.7 Å². The van der Waals surface area contributed by atoms with Gasteiger partial charge in [0.1, 0.15) is 0 Å². The van der Waals surface area contributed by atoms with Crippen molar-refractivity contribution >= 4 is 22.4 Å². The minimum atomic E-state index is 0.304. The maximum Gasteiger partial charge on any atom is 0.222 e. The molecule has 1 aromatic heterocycles. The minimum Gasteiger partial charge on any atom is -0.354 e. The number of rotatable bonds is 6. The molecule has 112 valence electrons. The molecule has 1 saturated heterocycles. The molecule has 0 N–H and O–H groups in total. The molecule has 0 spiro atoms. The lowest BCUT2D eigenvalue weighted by Gasteiger charge is -2.20. The summed E-state index contributed by atoms with van der Waals surface area (Å²) >= 11 is 1.73. The summed E-state index contributed by atoms with van der Waals surface area (Å²) in [5.41, 5.74) is 0. The SMILES string of the molecule is CCN1C[C@@H](CN(C)Cc2cnc(N(C)C)s2)CC1=O. The second kappa shape index (κ2) is 6.54. The third-order valence-electron chi connectivity index (χ3n) is 3.60. The van der Waals surface area contributed by atoms with E-state index in [2.05, 4.69) is 16.9 Å². The van der Waals surface area contributed by atoms with Crippen LogP contribution < -0.4 is 4.90 Å². The van der Waals surface area contributed by atoms with Gasteiger partial charge in [-0.2, -0.15) is 0 Å². The highest BCUT2D eigenvalue weighted by Crippen LogP contribution is 2.23. The highest BCUT2D eigenvalue weighted by Gasteiger charge is 2.28. The fourth-order valence-corrected chi connectivity index (χ4v) is 3.54. The van der Waals surface area contributed by atoms with Crippen molar-refractivity contribution in [3.05, 3.63) is 11.1 Å². The highest BCUT2D eigenvalue weighted by atomic mass is 32.1. The van der Waals surface area contributed by atoms with Crippen LogP contribution in [-0.4, -0.2) is 61.5 Å². The van der Waals surface area contributed by atoms with Crippen molar-refractivity contribution in [1.29, 1.82) is 0 Å². The summed E-state index contributed by atoms with van der Waals surface area (Å²) in [5.74, 6) is 0.771. The van der Waals surface area contributed by atoms with E-state index in [1.165, 1.54) is 4.88 Å². The molecular weight excluding hydrogens is 272 g/mol. The smallest absolute Gasteiger partial charge is 0.222 e. The molecule has 1 amide bonds. The van der Waals surface area contributed by atoms with E-state index in [9.17, 15) is 4.79 Å². The van der Waals surface area contributed by atoms with E-state index < -0.39 is 0 Å². The summed E-state index contributed by atoms with van der Waals surface area (Å²) in [5, 5.41) is 1.04. The number of aromatic nitrogens is 1. The molecule has 0 bridgehead atoms. The van der Waals surface area contributed by atoms with Crippen LogP contribution in [0.3, 0.4) is 0 Å². The molecule has 6 heteroatoms. The van der Waals surface area contributed by atoms with Crippen LogP contribution in [0.25, 0.3) is 0 Å². The molecule has 2 heterocycles. The van der Waals surface area contributed by atoms with Gasteiger partial charge in [-0.25, -0.2) is 4.98 Å². The third-order valence-corrected chi connectivity index (χ3v) is 4.75. The molecule has 5 nitrogen and oxygen atoms in total.